The molecule has 0 atom stereocenters. The van der Waals surface area contributed by atoms with Crippen molar-refractivity contribution in [2.24, 2.45) is 0 Å². The van der Waals surface area contributed by atoms with Crippen LogP contribution in [-0.4, -0.2) is 15.8 Å². The van der Waals surface area contributed by atoms with Crippen molar-refractivity contribution in [2.75, 3.05) is 5.32 Å². The molecule has 0 aliphatic carbocycles. The van der Waals surface area contributed by atoms with Crippen molar-refractivity contribution in [3.8, 4) is 21.8 Å². The highest BCUT2D eigenvalue weighted by Gasteiger charge is 2.09. The van der Waals surface area contributed by atoms with E-state index < -0.39 is 4.92 Å². The van der Waals surface area contributed by atoms with Crippen LogP contribution in [0.3, 0.4) is 0 Å². The van der Waals surface area contributed by atoms with E-state index in [1.807, 2.05) is 29.6 Å². The number of carbonyl (C=O) groups is 1. The van der Waals surface area contributed by atoms with Crippen LogP contribution in [0.1, 0.15) is 6.92 Å². The Kier molecular flexibility index (Phi) is 4.35. The van der Waals surface area contributed by atoms with Gasteiger partial charge in [0.05, 0.1) is 10.6 Å². The van der Waals surface area contributed by atoms with Gasteiger partial charge in [-0.1, -0.05) is 0 Å². The monoisotopic (exact) mass is 339 g/mol. The number of nitrogens with zero attached hydrogens (tertiary/aromatic N) is 2. The number of nitrogens with one attached hydrogen (secondary N) is 1. The third-order valence-corrected chi connectivity index (χ3v) is 4.22. The van der Waals surface area contributed by atoms with E-state index in [1.165, 1.54) is 30.4 Å². The Morgan fingerprint density at radius 2 is 1.71 bits per heavy atom. The summed E-state index contributed by atoms with van der Waals surface area (Å²) in [7, 11) is 0. The van der Waals surface area contributed by atoms with Gasteiger partial charge < -0.3 is 5.32 Å². The molecular weight excluding hydrogens is 326 g/mol. The van der Waals surface area contributed by atoms with E-state index in [9.17, 15) is 14.9 Å². The fourth-order valence-corrected chi connectivity index (χ4v) is 3.03. The summed E-state index contributed by atoms with van der Waals surface area (Å²) >= 11 is 1.50. The fourth-order valence-electron chi connectivity index (χ4n) is 2.19. The number of non-ortho nitro benzene ring substituents is 1. The predicted molar refractivity (Wildman–Crippen MR) is 93.9 cm³/mol. The average Bonchev–Trinajstić information content (AvgIpc) is 3.05. The van der Waals surface area contributed by atoms with Gasteiger partial charge in [-0.3, -0.25) is 14.9 Å². The molecule has 0 saturated carbocycles. The van der Waals surface area contributed by atoms with Gasteiger partial charge in [-0.25, -0.2) is 4.98 Å². The van der Waals surface area contributed by atoms with E-state index in [1.54, 1.807) is 12.1 Å². The highest BCUT2D eigenvalue weighted by atomic mass is 32.1. The molecule has 3 rings (SSSR count). The van der Waals surface area contributed by atoms with E-state index in [0.717, 1.165) is 27.5 Å². The maximum Gasteiger partial charge on any atom is 0.269 e. The van der Waals surface area contributed by atoms with Crippen LogP contribution < -0.4 is 5.32 Å². The molecule has 24 heavy (non-hydrogen) atoms. The lowest BCUT2D eigenvalue weighted by Crippen LogP contribution is -2.05. The molecule has 0 saturated heterocycles. The van der Waals surface area contributed by atoms with Gasteiger partial charge in [0.1, 0.15) is 5.01 Å². The molecule has 0 aliphatic rings. The molecule has 1 heterocycles. The topological polar surface area (TPSA) is 85.1 Å². The number of anilines is 1. The lowest BCUT2D eigenvalue weighted by Gasteiger charge is -2.02. The molecule has 120 valence electrons. The fraction of sp³-hybridized carbons (Fsp3) is 0.0588. The van der Waals surface area contributed by atoms with Crippen molar-refractivity contribution in [1.82, 2.24) is 4.98 Å². The predicted octanol–water partition coefficient (Wildman–Crippen LogP) is 4.34. The first-order valence-corrected chi connectivity index (χ1v) is 7.99. The minimum absolute atomic E-state index is 0.0581. The average molecular weight is 339 g/mol. The molecule has 1 amide bonds. The molecule has 0 bridgehead atoms. The number of aromatic nitrogens is 1. The quantitative estimate of drug-likeness (QED) is 0.566. The van der Waals surface area contributed by atoms with Crippen molar-refractivity contribution in [3.05, 3.63) is 64.0 Å². The van der Waals surface area contributed by atoms with E-state index >= 15 is 0 Å². The first-order chi connectivity index (χ1) is 11.5. The highest BCUT2D eigenvalue weighted by molar-refractivity contribution is 7.13. The van der Waals surface area contributed by atoms with Gasteiger partial charge >= 0.3 is 0 Å². The second kappa shape index (κ2) is 6.59. The van der Waals surface area contributed by atoms with Crippen molar-refractivity contribution in [2.45, 2.75) is 6.92 Å². The van der Waals surface area contributed by atoms with E-state index in [-0.39, 0.29) is 11.6 Å². The Morgan fingerprint density at radius 3 is 2.29 bits per heavy atom. The number of nitro benzene ring substituents is 1. The maximum atomic E-state index is 11.0. The lowest BCUT2D eigenvalue weighted by atomic mass is 10.1. The molecule has 7 heteroatoms. The third kappa shape index (κ3) is 3.47. The Hall–Kier alpha value is -3.06. The summed E-state index contributed by atoms with van der Waals surface area (Å²) in [5.74, 6) is -0.113. The first-order valence-electron chi connectivity index (χ1n) is 7.11. The molecule has 6 nitrogen and oxygen atoms in total. The number of amides is 1. The van der Waals surface area contributed by atoms with Crippen molar-refractivity contribution < 1.29 is 9.72 Å². The van der Waals surface area contributed by atoms with Gasteiger partial charge in [0.25, 0.3) is 5.69 Å². The Bertz CT molecular complexity index is 886. The van der Waals surface area contributed by atoms with E-state index in [4.69, 9.17) is 0 Å². The molecule has 0 aliphatic heterocycles. The van der Waals surface area contributed by atoms with Crippen LogP contribution >= 0.6 is 11.3 Å². The lowest BCUT2D eigenvalue weighted by molar-refractivity contribution is -0.384. The summed E-state index contributed by atoms with van der Waals surface area (Å²) in [6, 6.07) is 13.8. The van der Waals surface area contributed by atoms with E-state index in [2.05, 4.69) is 10.3 Å². The van der Waals surface area contributed by atoms with Crippen LogP contribution in [0.15, 0.2) is 53.9 Å². The minimum atomic E-state index is -0.424. The normalized spacial score (nSPS) is 10.4. The zero-order valence-corrected chi connectivity index (χ0v) is 13.5. The number of hydrogen-bond donors (Lipinski definition) is 1. The van der Waals surface area contributed by atoms with Crippen LogP contribution in [0, 0.1) is 10.1 Å². The zero-order valence-electron chi connectivity index (χ0n) is 12.7. The number of benzene rings is 2. The van der Waals surface area contributed by atoms with Gasteiger partial charge in [0.2, 0.25) is 5.91 Å². The second-order valence-electron chi connectivity index (χ2n) is 5.10. The molecular formula is C17H13N3O3S. The van der Waals surface area contributed by atoms with Gasteiger partial charge in [-0.2, -0.15) is 0 Å². The zero-order chi connectivity index (χ0) is 17.1. The Labute approximate surface area is 141 Å². The van der Waals surface area contributed by atoms with Crippen LogP contribution in [-0.2, 0) is 4.79 Å². The maximum absolute atomic E-state index is 11.0. The number of carbonyl (C=O) groups excluding carboxylic acids is 1. The van der Waals surface area contributed by atoms with Crippen LogP contribution in [0.5, 0.6) is 0 Å². The van der Waals surface area contributed by atoms with Crippen molar-refractivity contribution >= 4 is 28.6 Å². The molecule has 0 radical (unpaired) electrons. The van der Waals surface area contributed by atoms with Crippen LogP contribution in [0.25, 0.3) is 21.8 Å². The minimum Gasteiger partial charge on any atom is -0.326 e. The van der Waals surface area contributed by atoms with E-state index in [0.29, 0.717) is 0 Å². The third-order valence-electron chi connectivity index (χ3n) is 3.33. The Balaban J connectivity index is 1.82. The summed E-state index contributed by atoms with van der Waals surface area (Å²) in [5.41, 5.74) is 3.34. The molecule has 3 aromatic rings. The number of rotatable bonds is 4. The van der Waals surface area contributed by atoms with Crippen molar-refractivity contribution in [3.63, 3.8) is 0 Å². The summed E-state index contributed by atoms with van der Waals surface area (Å²) in [4.78, 5) is 25.9. The SMILES string of the molecule is CC(=O)Nc1ccc(-c2nc(-c3ccc([N+](=O)[O-])cc3)cs2)cc1. The van der Waals surface area contributed by atoms with Gasteiger partial charge in [-0.15, -0.1) is 11.3 Å². The van der Waals surface area contributed by atoms with Gasteiger partial charge in [0, 0.05) is 41.3 Å². The second-order valence-corrected chi connectivity index (χ2v) is 5.96. The van der Waals surface area contributed by atoms with Gasteiger partial charge in [-0.05, 0) is 36.4 Å². The summed E-state index contributed by atoms with van der Waals surface area (Å²) in [6.07, 6.45) is 0. The molecule has 2 aromatic carbocycles. The first kappa shape index (κ1) is 15.8. The smallest absolute Gasteiger partial charge is 0.269 e. The summed E-state index contributed by atoms with van der Waals surface area (Å²) in [6.45, 7) is 1.46. The van der Waals surface area contributed by atoms with Gasteiger partial charge in [0.15, 0.2) is 0 Å². The molecule has 0 spiro atoms. The molecule has 0 unspecified atom stereocenters. The highest BCUT2D eigenvalue weighted by Crippen LogP contribution is 2.30. The molecule has 1 N–H and O–H groups in total. The molecule has 1 aromatic heterocycles. The Morgan fingerprint density at radius 1 is 1.08 bits per heavy atom. The largest absolute Gasteiger partial charge is 0.326 e. The summed E-state index contributed by atoms with van der Waals surface area (Å²) in [5, 5.41) is 16.2. The van der Waals surface area contributed by atoms with Crippen LogP contribution in [0.2, 0.25) is 0 Å². The number of nitro groups is 1. The number of thiazole rings is 1. The standard InChI is InChI=1S/C17H13N3O3S/c1-11(21)18-14-6-2-13(3-7-14)17-19-16(10-24-17)12-4-8-15(9-5-12)20(22)23/h2-10H,1H3,(H,18,21). The van der Waals surface area contributed by atoms with Crippen molar-refractivity contribution in [1.29, 1.82) is 0 Å². The number of hydrogen-bond acceptors (Lipinski definition) is 5. The van der Waals surface area contributed by atoms with Crippen LogP contribution in [0.4, 0.5) is 11.4 Å². The molecule has 0 fully saturated rings. The summed E-state index contributed by atoms with van der Waals surface area (Å²) < 4.78 is 0.